The number of piperidine rings is 1. The molecular formula is C24H27ClF2N4O3. The van der Waals surface area contributed by atoms with Crippen molar-refractivity contribution in [1.29, 1.82) is 0 Å². The minimum absolute atomic E-state index is 0.0276. The molecule has 1 N–H and O–H groups in total. The van der Waals surface area contributed by atoms with Crippen LogP contribution in [0.5, 0.6) is 0 Å². The van der Waals surface area contributed by atoms with Crippen LogP contribution in [-0.2, 0) is 4.79 Å². The summed E-state index contributed by atoms with van der Waals surface area (Å²) in [5.74, 6) is -1.78. The van der Waals surface area contributed by atoms with E-state index in [1.807, 2.05) is 6.07 Å². The molecule has 4 rings (SSSR count). The minimum Gasteiger partial charge on any atom is -0.465 e. The van der Waals surface area contributed by atoms with Crippen LogP contribution in [0.25, 0.3) is 0 Å². The van der Waals surface area contributed by atoms with E-state index >= 15 is 0 Å². The molecule has 182 valence electrons. The fourth-order valence-corrected chi connectivity index (χ4v) is 5.15. The van der Waals surface area contributed by atoms with Gasteiger partial charge in [-0.2, -0.15) is 0 Å². The minimum atomic E-state index is -1.10. The molecule has 2 aliphatic rings. The van der Waals surface area contributed by atoms with Crippen molar-refractivity contribution in [2.45, 2.75) is 31.7 Å². The molecule has 2 atom stereocenters. The maximum absolute atomic E-state index is 13.9. The number of pyridine rings is 1. The monoisotopic (exact) mass is 492 g/mol. The van der Waals surface area contributed by atoms with Gasteiger partial charge in [-0.05, 0) is 49.6 Å². The van der Waals surface area contributed by atoms with Gasteiger partial charge in [-0.1, -0.05) is 17.7 Å². The summed E-state index contributed by atoms with van der Waals surface area (Å²) >= 11 is 5.91. The van der Waals surface area contributed by atoms with Crippen LogP contribution in [0.3, 0.4) is 0 Å². The van der Waals surface area contributed by atoms with E-state index in [0.29, 0.717) is 36.5 Å². The van der Waals surface area contributed by atoms with Gasteiger partial charge in [-0.15, -0.1) is 0 Å². The normalized spacial score (nSPS) is 21.1. The Morgan fingerprint density at radius 1 is 1.15 bits per heavy atom. The van der Waals surface area contributed by atoms with Gasteiger partial charge in [0.15, 0.2) is 11.6 Å². The molecule has 3 heterocycles. The maximum Gasteiger partial charge on any atom is 0.407 e. The lowest BCUT2D eigenvalue weighted by Crippen LogP contribution is -2.45. The number of carbonyl (C=O) groups is 2. The first-order valence-corrected chi connectivity index (χ1v) is 11.8. The second-order valence-electron chi connectivity index (χ2n) is 8.76. The number of carbonyl (C=O) groups excluding carboxylic acids is 1. The molecule has 0 bridgehead atoms. The molecule has 34 heavy (non-hydrogen) atoms. The largest absolute Gasteiger partial charge is 0.465 e. The second-order valence-corrected chi connectivity index (χ2v) is 9.19. The van der Waals surface area contributed by atoms with Crippen LogP contribution in [0.15, 0.2) is 36.5 Å². The summed E-state index contributed by atoms with van der Waals surface area (Å²) in [6.07, 6.45) is 1.80. The van der Waals surface area contributed by atoms with E-state index in [0.717, 1.165) is 18.0 Å². The number of amides is 2. The third-order valence-corrected chi connectivity index (χ3v) is 7.06. The van der Waals surface area contributed by atoms with Crippen molar-refractivity contribution in [2.75, 3.05) is 37.6 Å². The summed E-state index contributed by atoms with van der Waals surface area (Å²) < 4.78 is 27.4. The van der Waals surface area contributed by atoms with Crippen molar-refractivity contribution in [3.8, 4) is 0 Å². The van der Waals surface area contributed by atoms with Gasteiger partial charge < -0.3 is 19.8 Å². The van der Waals surface area contributed by atoms with Gasteiger partial charge in [0.1, 0.15) is 5.82 Å². The molecule has 1 aromatic heterocycles. The molecule has 0 saturated carbocycles. The van der Waals surface area contributed by atoms with Crippen LogP contribution >= 0.6 is 11.6 Å². The van der Waals surface area contributed by atoms with Gasteiger partial charge in [-0.25, -0.2) is 18.6 Å². The quantitative estimate of drug-likeness (QED) is 0.676. The number of likely N-dealkylation sites (tertiary alicyclic amines) is 1. The Morgan fingerprint density at radius 3 is 2.47 bits per heavy atom. The Bertz CT molecular complexity index is 1050. The molecule has 2 amide bonds. The standard InChI is InChI=1S/C24H27ClF2N4O3/c1-2-31(24(33)34)21-14-30(13-18(21)16-3-5-19(26)20(27)11-16)23(32)15-7-9-29(10-8-15)22-6-4-17(25)12-28-22/h3-6,11-12,15,18,21H,2,7-10,13-14H2,1H3,(H,33,34)/t18-,21+/m0/s1. The van der Waals surface area contributed by atoms with E-state index < -0.39 is 29.7 Å². The summed E-state index contributed by atoms with van der Waals surface area (Å²) in [7, 11) is 0. The summed E-state index contributed by atoms with van der Waals surface area (Å²) in [5.41, 5.74) is 0.488. The highest BCUT2D eigenvalue weighted by molar-refractivity contribution is 6.30. The second kappa shape index (κ2) is 10.1. The average molecular weight is 493 g/mol. The highest BCUT2D eigenvalue weighted by Gasteiger charge is 2.43. The number of hydrogen-bond acceptors (Lipinski definition) is 4. The summed E-state index contributed by atoms with van der Waals surface area (Å²) in [6.45, 7) is 3.78. The number of hydrogen-bond donors (Lipinski definition) is 1. The predicted octanol–water partition coefficient (Wildman–Crippen LogP) is 4.22. The van der Waals surface area contributed by atoms with Gasteiger partial charge in [-0.3, -0.25) is 4.79 Å². The zero-order chi connectivity index (χ0) is 24.4. The molecule has 10 heteroatoms. The number of benzene rings is 1. The van der Waals surface area contributed by atoms with Crippen LogP contribution in [-0.4, -0.2) is 70.7 Å². The Labute approximate surface area is 201 Å². The Hall–Kier alpha value is -2.94. The molecule has 2 fully saturated rings. The molecule has 2 saturated heterocycles. The first-order chi connectivity index (χ1) is 16.3. The number of likely N-dealkylation sites (N-methyl/N-ethyl adjacent to an activating group) is 1. The third kappa shape index (κ3) is 4.94. The van der Waals surface area contributed by atoms with Gasteiger partial charge >= 0.3 is 6.09 Å². The van der Waals surface area contributed by atoms with Crippen molar-refractivity contribution in [3.05, 3.63) is 58.7 Å². The first kappa shape index (κ1) is 24.2. The van der Waals surface area contributed by atoms with Gasteiger partial charge in [0, 0.05) is 50.8 Å². The highest BCUT2D eigenvalue weighted by atomic mass is 35.5. The Morgan fingerprint density at radius 2 is 1.88 bits per heavy atom. The van der Waals surface area contributed by atoms with Crippen LogP contribution in [0.1, 0.15) is 31.2 Å². The van der Waals surface area contributed by atoms with Crippen LogP contribution < -0.4 is 4.90 Å². The fourth-order valence-electron chi connectivity index (χ4n) is 5.03. The Balaban J connectivity index is 1.48. The SMILES string of the molecule is CCN(C(=O)O)[C@@H]1CN(C(=O)C2CCN(c3ccc(Cl)cn3)CC2)C[C@H]1c1ccc(F)c(F)c1. The Kier molecular flexibility index (Phi) is 7.21. The van der Waals surface area contributed by atoms with Gasteiger partial charge in [0.25, 0.3) is 0 Å². The molecule has 1 aromatic carbocycles. The van der Waals surface area contributed by atoms with E-state index in [2.05, 4.69) is 9.88 Å². The zero-order valence-corrected chi connectivity index (χ0v) is 19.6. The molecular weight excluding hydrogens is 466 g/mol. The van der Waals surface area contributed by atoms with E-state index in [1.165, 1.54) is 11.0 Å². The van der Waals surface area contributed by atoms with E-state index in [-0.39, 0.29) is 31.5 Å². The van der Waals surface area contributed by atoms with Gasteiger partial charge in [0.2, 0.25) is 5.91 Å². The lowest BCUT2D eigenvalue weighted by molar-refractivity contribution is -0.135. The average Bonchev–Trinajstić information content (AvgIpc) is 3.26. The molecule has 7 nitrogen and oxygen atoms in total. The number of nitrogens with zero attached hydrogens (tertiary/aromatic N) is 4. The molecule has 2 aliphatic heterocycles. The smallest absolute Gasteiger partial charge is 0.407 e. The van der Waals surface area contributed by atoms with Crippen molar-refractivity contribution in [1.82, 2.24) is 14.8 Å². The molecule has 0 spiro atoms. The highest BCUT2D eigenvalue weighted by Crippen LogP contribution is 2.34. The number of rotatable bonds is 5. The number of anilines is 1. The van der Waals surface area contributed by atoms with Crippen LogP contribution in [0.2, 0.25) is 5.02 Å². The van der Waals surface area contributed by atoms with Gasteiger partial charge in [0.05, 0.1) is 11.1 Å². The van der Waals surface area contributed by atoms with E-state index in [9.17, 15) is 23.5 Å². The molecule has 2 aromatic rings. The number of aromatic nitrogens is 1. The summed E-state index contributed by atoms with van der Waals surface area (Å²) in [5, 5.41) is 10.3. The topological polar surface area (TPSA) is 77.0 Å². The van der Waals surface area contributed by atoms with Crippen LogP contribution in [0.4, 0.5) is 19.4 Å². The van der Waals surface area contributed by atoms with Crippen molar-refractivity contribution >= 4 is 29.4 Å². The summed E-state index contributed by atoms with van der Waals surface area (Å²) in [6, 6.07) is 6.73. The van der Waals surface area contributed by atoms with Crippen molar-refractivity contribution in [3.63, 3.8) is 0 Å². The molecule has 0 unspecified atom stereocenters. The lowest BCUT2D eigenvalue weighted by atomic mass is 9.93. The maximum atomic E-state index is 13.9. The number of halogens is 3. The van der Waals surface area contributed by atoms with E-state index in [1.54, 1.807) is 24.1 Å². The predicted molar refractivity (Wildman–Crippen MR) is 124 cm³/mol. The lowest BCUT2D eigenvalue weighted by Gasteiger charge is -2.34. The first-order valence-electron chi connectivity index (χ1n) is 11.4. The molecule has 0 aliphatic carbocycles. The summed E-state index contributed by atoms with van der Waals surface area (Å²) in [4.78, 5) is 34.6. The van der Waals surface area contributed by atoms with E-state index in [4.69, 9.17) is 11.6 Å². The molecule has 0 radical (unpaired) electrons. The van der Waals surface area contributed by atoms with Crippen molar-refractivity contribution in [2.24, 2.45) is 5.92 Å². The zero-order valence-electron chi connectivity index (χ0n) is 18.8. The fraction of sp³-hybridized carbons (Fsp3) is 0.458. The third-order valence-electron chi connectivity index (χ3n) is 6.84. The number of carboxylic acid groups (broad SMARTS) is 1. The van der Waals surface area contributed by atoms with Crippen LogP contribution in [0, 0.1) is 17.6 Å². The van der Waals surface area contributed by atoms with Crippen molar-refractivity contribution < 1.29 is 23.5 Å².